The number of hydrogen-bond acceptors (Lipinski definition) is 5. The molecular formula is C17H22N2O4S3. The average Bonchev–Trinajstić information content (AvgIpc) is 3.28. The summed E-state index contributed by atoms with van der Waals surface area (Å²) in [5.41, 5.74) is 0.874. The molecule has 2 N–H and O–H groups in total. The Kier molecular flexibility index (Phi) is 6.13. The topological polar surface area (TPSA) is 92.3 Å². The minimum atomic E-state index is -3.49. The number of rotatable bonds is 8. The zero-order valence-electron chi connectivity index (χ0n) is 14.2. The Morgan fingerprint density at radius 3 is 2.27 bits per heavy atom. The van der Waals surface area contributed by atoms with E-state index in [9.17, 15) is 16.8 Å². The molecule has 0 saturated heterocycles. The summed E-state index contributed by atoms with van der Waals surface area (Å²) in [6, 6.07) is 9.87. The van der Waals surface area contributed by atoms with E-state index in [4.69, 9.17) is 0 Å². The molecule has 1 saturated carbocycles. The Bertz CT molecular complexity index is 915. The van der Waals surface area contributed by atoms with E-state index < -0.39 is 20.0 Å². The Hall–Kier alpha value is -1.26. The number of nitrogens with one attached hydrogen (secondary N) is 2. The normalized spacial score (nSPS) is 16.2. The first-order valence-corrected chi connectivity index (χ1v) is 12.4. The highest BCUT2D eigenvalue weighted by molar-refractivity contribution is 7.91. The quantitative estimate of drug-likeness (QED) is 0.694. The molecule has 2 aromatic rings. The monoisotopic (exact) mass is 414 g/mol. The Morgan fingerprint density at radius 2 is 1.65 bits per heavy atom. The van der Waals surface area contributed by atoms with Crippen LogP contribution >= 0.6 is 11.3 Å². The largest absolute Gasteiger partial charge is 0.250 e. The van der Waals surface area contributed by atoms with Gasteiger partial charge in [-0.2, -0.15) is 0 Å². The number of benzene rings is 1. The Morgan fingerprint density at radius 1 is 0.962 bits per heavy atom. The summed E-state index contributed by atoms with van der Waals surface area (Å²) in [6.45, 7) is 0.257. The van der Waals surface area contributed by atoms with Crippen molar-refractivity contribution in [3.8, 4) is 0 Å². The molecule has 1 aromatic heterocycles. The van der Waals surface area contributed by atoms with Gasteiger partial charge in [-0.15, -0.1) is 11.3 Å². The number of sulfonamides is 2. The molecule has 0 amide bonds. The predicted octanol–water partition coefficient (Wildman–Crippen LogP) is 2.49. The van der Waals surface area contributed by atoms with Gasteiger partial charge in [0.15, 0.2) is 0 Å². The third-order valence-electron chi connectivity index (χ3n) is 4.38. The third kappa shape index (κ3) is 4.92. The average molecular weight is 415 g/mol. The molecule has 1 fully saturated rings. The van der Waals surface area contributed by atoms with Gasteiger partial charge in [0, 0.05) is 12.6 Å². The van der Waals surface area contributed by atoms with Crippen LogP contribution < -0.4 is 9.44 Å². The summed E-state index contributed by atoms with van der Waals surface area (Å²) in [4.78, 5) is 0.243. The smallest absolute Gasteiger partial charge is 0.210 e. The van der Waals surface area contributed by atoms with E-state index in [-0.39, 0.29) is 21.7 Å². The first-order chi connectivity index (χ1) is 12.4. The van der Waals surface area contributed by atoms with Crippen molar-refractivity contribution in [2.45, 2.75) is 47.3 Å². The number of hydrogen-bond donors (Lipinski definition) is 2. The van der Waals surface area contributed by atoms with Crippen LogP contribution in [-0.2, 0) is 26.5 Å². The molecule has 26 heavy (non-hydrogen) atoms. The zero-order valence-corrected chi connectivity index (χ0v) is 16.7. The minimum Gasteiger partial charge on any atom is -0.210 e. The minimum absolute atomic E-state index is 0.0336. The summed E-state index contributed by atoms with van der Waals surface area (Å²) < 4.78 is 54.4. The maximum absolute atomic E-state index is 12.4. The first-order valence-electron chi connectivity index (χ1n) is 8.51. The van der Waals surface area contributed by atoms with Gasteiger partial charge in [0.25, 0.3) is 0 Å². The molecule has 0 radical (unpaired) electrons. The Balaban J connectivity index is 1.56. The molecule has 142 valence electrons. The Labute approximate surface area is 158 Å². The summed E-state index contributed by atoms with van der Waals surface area (Å²) >= 11 is 1.17. The summed E-state index contributed by atoms with van der Waals surface area (Å²) in [5.74, 6) is 0. The molecule has 6 nitrogen and oxygen atoms in total. The summed E-state index contributed by atoms with van der Waals surface area (Å²) in [7, 11) is -6.96. The van der Waals surface area contributed by atoms with Crippen molar-refractivity contribution in [2.75, 3.05) is 6.54 Å². The van der Waals surface area contributed by atoms with Crippen LogP contribution in [0, 0.1) is 0 Å². The van der Waals surface area contributed by atoms with E-state index >= 15 is 0 Å². The summed E-state index contributed by atoms with van der Waals surface area (Å²) in [6.07, 6.45) is 4.39. The molecule has 0 aliphatic heterocycles. The lowest BCUT2D eigenvalue weighted by molar-refractivity contribution is 0.552. The molecule has 0 bridgehead atoms. The van der Waals surface area contributed by atoms with Gasteiger partial charge < -0.3 is 0 Å². The molecule has 1 aliphatic rings. The second-order valence-corrected chi connectivity index (χ2v) is 11.0. The van der Waals surface area contributed by atoms with Crippen LogP contribution in [0.2, 0.25) is 0 Å². The fraction of sp³-hybridized carbons (Fsp3) is 0.412. The van der Waals surface area contributed by atoms with Gasteiger partial charge in [0.1, 0.15) is 4.21 Å². The van der Waals surface area contributed by atoms with Gasteiger partial charge in [-0.05, 0) is 48.4 Å². The highest BCUT2D eigenvalue weighted by Crippen LogP contribution is 2.21. The van der Waals surface area contributed by atoms with Crippen molar-refractivity contribution in [1.82, 2.24) is 9.44 Å². The molecule has 1 heterocycles. The van der Waals surface area contributed by atoms with Crippen molar-refractivity contribution < 1.29 is 16.8 Å². The second kappa shape index (κ2) is 8.18. The van der Waals surface area contributed by atoms with Gasteiger partial charge in [0.05, 0.1) is 4.90 Å². The van der Waals surface area contributed by atoms with Crippen molar-refractivity contribution in [3.05, 3.63) is 47.3 Å². The zero-order chi connectivity index (χ0) is 18.6. The van der Waals surface area contributed by atoms with Crippen molar-refractivity contribution >= 4 is 31.4 Å². The standard InChI is InChI=1S/C17H22N2O4S3/c20-25(21,19-15-4-1-2-5-15)16-9-7-14(8-10-16)11-12-18-26(22,23)17-6-3-13-24-17/h3,6-10,13,15,18-19H,1-2,4-5,11-12H2. The lowest BCUT2D eigenvalue weighted by atomic mass is 10.2. The maximum atomic E-state index is 12.4. The van der Waals surface area contributed by atoms with Crippen LogP contribution in [-0.4, -0.2) is 29.4 Å². The molecule has 0 unspecified atom stereocenters. The fourth-order valence-electron chi connectivity index (χ4n) is 2.98. The van der Waals surface area contributed by atoms with E-state index in [1.807, 2.05) is 0 Å². The van der Waals surface area contributed by atoms with E-state index in [0.717, 1.165) is 31.2 Å². The second-order valence-electron chi connectivity index (χ2n) is 6.33. The van der Waals surface area contributed by atoms with Gasteiger partial charge in [0.2, 0.25) is 20.0 Å². The highest BCUT2D eigenvalue weighted by Gasteiger charge is 2.22. The molecular weight excluding hydrogens is 392 g/mol. The molecule has 0 spiro atoms. The van der Waals surface area contributed by atoms with E-state index in [2.05, 4.69) is 9.44 Å². The van der Waals surface area contributed by atoms with Crippen LogP contribution in [0.5, 0.6) is 0 Å². The van der Waals surface area contributed by atoms with Crippen molar-refractivity contribution in [2.24, 2.45) is 0 Å². The molecule has 3 rings (SSSR count). The van der Waals surface area contributed by atoms with Gasteiger partial charge in [-0.1, -0.05) is 31.0 Å². The van der Waals surface area contributed by atoms with E-state index in [0.29, 0.717) is 6.42 Å². The molecule has 1 aliphatic carbocycles. The molecule has 9 heteroatoms. The molecule has 1 aromatic carbocycles. The predicted molar refractivity (Wildman–Crippen MR) is 102 cm³/mol. The van der Waals surface area contributed by atoms with E-state index in [1.165, 1.54) is 11.3 Å². The lowest BCUT2D eigenvalue weighted by Gasteiger charge is -2.13. The van der Waals surface area contributed by atoms with Gasteiger partial charge in [-0.3, -0.25) is 0 Å². The third-order valence-corrected chi connectivity index (χ3v) is 8.77. The number of thiophene rings is 1. The SMILES string of the molecule is O=S(=O)(NC1CCCC1)c1ccc(CCNS(=O)(=O)c2cccs2)cc1. The van der Waals surface area contributed by atoms with Crippen LogP contribution in [0.1, 0.15) is 31.2 Å². The highest BCUT2D eigenvalue weighted by atomic mass is 32.2. The lowest BCUT2D eigenvalue weighted by Crippen LogP contribution is -2.32. The van der Waals surface area contributed by atoms with Gasteiger partial charge >= 0.3 is 0 Å². The first kappa shape index (κ1) is 19.5. The van der Waals surface area contributed by atoms with Crippen molar-refractivity contribution in [1.29, 1.82) is 0 Å². The molecule has 0 atom stereocenters. The van der Waals surface area contributed by atoms with Crippen molar-refractivity contribution in [3.63, 3.8) is 0 Å². The van der Waals surface area contributed by atoms with Crippen LogP contribution in [0.4, 0.5) is 0 Å². The summed E-state index contributed by atoms with van der Waals surface area (Å²) in [5, 5.41) is 1.72. The van der Waals surface area contributed by atoms with E-state index in [1.54, 1.807) is 41.8 Å². The van der Waals surface area contributed by atoms with Crippen LogP contribution in [0.15, 0.2) is 50.9 Å². The maximum Gasteiger partial charge on any atom is 0.250 e. The fourth-order valence-corrected chi connectivity index (χ4v) is 6.36. The van der Waals surface area contributed by atoms with Crippen LogP contribution in [0.3, 0.4) is 0 Å². The van der Waals surface area contributed by atoms with Crippen LogP contribution in [0.25, 0.3) is 0 Å². The van der Waals surface area contributed by atoms with Gasteiger partial charge in [-0.25, -0.2) is 26.3 Å².